The molecule has 1 amide bonds. The summed E-state index contributed by atoms with van der Waals surface area (Å²) in [6, 6.07) is 3.87. The number of halogens is 1. The van der Waals surface area contributed by atoms with Crippen LogP contribution in [0.4, 0.5) is 0 Å². The number of aromatic nitrogens is 3. The molecule has 0 bridgehead atoms. The van der Waals surface area contributed by atoms with Crippen LogP contribution in [0.2, 0.25) is 0 Å². The quantitative estimate of drug-likeness (QED) is 0.506. The highest BCUT2D eigenvalue weighted by molar-refractivity contribution is 6.08. The summed E-state index contributed by atoms with van der Waals surface area (Å²) in [6.45, 7) is 2.59. The van der Waals surface area contributed by atoms with Crippen LogP contribution in [0.1, 0.15) is 36.0 Å². The highest BCUT2D eigenvalue weighted by Crippen LogP contribution is 2.48. The van der Waals surface area contributed by atoms with Gasteiger partial charge in [0.05, 0.1) is 23.3 Å². The Labute approximate surface area is 197 Å². The molecule has 6 rings (SSSR count). The highest BCUT2D eigenvalue weighted by atomic mass is 35.5. The van der Waals surface area contributed by atoms with Crippen molar-refractivity contribution >= 4 is 29.3 Å². The summed E-state index contributed by atoms with van der Waals surface area (Å²) in [4.78, 5) is 25.2. The number of aromatic amines is 1. The van der Waals surface area contributed by atoms with Crippen LogP contribution in [0, 0.1) is 5.92 Å². The van der Waals surface area contributed by atoms with Gasteiger partial charge in [-0.05, 0) is 50.3 Å². The third-order valence-corrected chi connectivity index (χ3v) is 6.25. The number of rotatable bonds is 6. The van der Waals surface area contributed by atoms with E-state index in [2.05, 4.69) is 25.6 Å². The first-order valence-electron chi connectivity index (χ1n) is 11.2. The lowest BCUT2D eigenvalue weighted by Gasteiger charge is -2.23. The Balaban J connectivity index is 0.00000228. The van der Waals surface area contributed by atoms with Crippen LogP contribution in [0.25, 0.3) is 22.3 Å². The number of ether oxygens (including phenoxy) is 3. The Morgan fingerprint density at radius 3 is 2.94 bits per heavy atom. The van der Waals surface area contributed by atoms with Crippen LogP contribution in [0.5, 0.6) is 17.2 Å². The summed E-state index contributed by atoms with van der Waals surface area (Å²) >= 11 is 0. The lowest BCUT2D eigenvalue weighted by molar-refractivity contribution is 0.0932. The second-order valence-electron chi connectivity index (χ2n) is 8.59. The maximum Gasteiger partial charge on any atom is 0.255 e. The Bertz CT molecular complexity index is 1170. The van der Waals surface area contributed by atoms with Crippen molar-refractivity contribution in [1.82, 2.24) is 25.6 Å². The van der Waals surface area contributed by atoms with Gasteiger partial charge in [0.25, 0.3) is 5.91 Å². The first-order valence-corrected chi connectivity index (χ1v) is 11.2. The molecule has 1 atom stereocenters. The monoisotopic (exact) mass is 471 g/mol. The minimum Gasteiger partial charge on any atom is -0.492 e. The molecular weight excluding hydrogens is 446 g/mol. The van der Waals surface area contributed by atoms with Crippen LogP contribution in [-0.4, -0.2) is 53.4 Å². The van der Waals surface area contributed by atoms with Gasteiger partial charge in [0.15, 0.2) is 11.5 Å². The molecule has 174 valence electrons. The molecule has 0 unspecified atom stereocenters. The van der Waals surface area contributed by atoms with Gasteiger partial charge in [-0.3, -0.25) is 4.79 Å². The van der Waals surface area contributed by atoms with Crippen molar-refractivity contribution in [3.8, 4) is 28.5 Å². The molecule has 4 heterocycles. The van der Waals surface area contributed by atoms with E-state index < -0.39 is 0 Å². The molecule has 1 aliphatic carbocycles. The number of carbonyl (C=O) groups is 1. The van der Waals surface area contributed by atoms with E-state index in [-0.39, 0.29) is 31.1 Å². The van der Waals surface area contributed by atoms with E-state index in [0.717, 1.165) is 31.5 Å². The Hall–Kier alpha value is -3.04. The van der Waals surface area contributed by atoms with Gasteiger partial charge in [-0.15, -0.1) is 12.4 Å². The number of hydrogen-bond acceptors (Lipinski definition) is 7. The molecule has 3 N–H and O–H groups in total. The van der Waals surface area contributed by atoms with Crippen molar-refractivity contribution < 1.29 is 19.0 Å². The molecule has 1 aromatic carbocycles. The summed E-state index contributed by atoms with van der Waals surface area (Å²) in [6.07, 6.45) is 7.59. The number of amides is 1. The standard InChI is InChI=1S/C23H25N5O4.ClH/c29-23(28-14-2-1-7-24-8-14)15-9-25-21-19(15)26-11-27-20(21)18-16(30-10-13-3-4-13)5-6-17-22(18)32-12-31-17;/h5-6,9,11,13-14,24-25H,1-4,7-8,10,12H2,(H,28,29);1H/t14-;/m1./s1. The van der Waals surface area contributed by atoms with Crippen molar-refractivity contribution in [2.24, 2.45) is 5.92 Å². The van der Waals surface area contributed by atoms with E-state index in [4.69, 9.17) is 14.2 Å². The number of fused-ring (bicyclic) bond motifs is 2. The van der Waals surface area contributed by atoms with Crippen LogP contribution < -0.4 is 24.8 Å². The van der Waals surface area contributed by atoms with Gasteiger partial charge in [-0.25, -0.2) is 9.97 Å². The molecule has 3 aliphatic rings. The molecule has 2 aromatic heterocycles. The lowest BCUT2D eigenvalue weighted by Crippen LogP contribution is -2.45. The van der Waals surface area contributed by atoms with Gasteiger partial charge in [0.1, 0.15) is 23.3 Å². The fourth-order valence-corrected chi connectivity index (χ4v) is 4.33. The third kappa shape index (κ3) is 4.18. The van der Waals surface area contributed by atoms with Crippen LogP contribution in [-0.2, 0) is 0 Å². The zero-order chi connectivity index (χ0) is 21.5. The zero-order valence-corrected chi connectivity index (χ0v) is 18.9. The Morgan fingerprint density at radius 1 is 1.21 bits per heavy atom. The molecule has 10 heteroatoms. The molecule has 0 radical (unpaired) electrons. The van der Waals surface area contributed by atoms with E-state index in [9.17, 15) is 4.79 Å². The van der Waals surface area contributed by atoms with Crippen LogP contribution in [0.15, 0.2) is 24.7 Å². The summed E-state index contributed by atoms with van der Waals surface area (Å²) in [5.41, 5.74) is 3.08. The number of piperidine rings is 1. The maximum atomic E-state index is 13.0. The topological polar surface area (TPSA) is 110 Å². The van der Waals surface area contributed by atoms with E-state index in [0.29, 0.717) is 52.1 Å². The van der Waals surface area contributed by atoms with Gasteiger partial charge >= 0.3 is 0 Å². The molecule has 9 nitrogen and oxygen atoms in total. The molecular formula is C23H26ClN5O4. The average molecular weight is 472 g/mol. The molecule has 0 spiro atoms. The molecule has 1 saturated carbocycles. The number of carbonyl (C=O) groups excluding carboxylic acids is 1. The number of nitrogens with one attached hydrogen (secondary N) is 3. The van der Waals surface area contributed by atoms with Gasteiger partial charge in [-0.2, -0.15) is 0 Å². The third-order valence-electron chi connectivity index (χ3n) is 6.25. The largest absolute Gasteiger partial charge is 0.492 e. The van der Waals surface area contributed by atoms with Gasteiger partial charge in [-0.1, -0.05) is 0 Å². The van der Waals surface area contributed by atoms with E-state index in [1.165, 1.54) is 19.2 Å². The van der Waals surface area contributed by atoms with Crippen molar-refractivity contribution in [3.05, 3.63) is 30.2 Å². The second-order valence-corrected chi connectivity index (χ2v) is 8.59. The van der Waals surface area contributed by atoms with Gasteiger partial charge < -0.3 is 29.8 Å². The number of benzene rings is 1. The number of nitrogens with zero attached hydrogens (tertiary/aromatic N) is 2. The van der Waals surface area contributed by atoms with Gasteiger partial charge in [0, 0.05) is 18.8 Å². The summed E-state index contributed by atoms with van der Waals surface area (Å²) in [5, 5.41) is 6.43. The minimum absolute atomic E-state index is 0. The van der Waals surface area contributed by atoms with E-state index >= 15 is 0 Å². The summed E-state index contributed by atoms with van der Waals surface area (Å²) in [5.74, 6) is 2.41. The molecule has 1 saturated heterocycles. The van der Waals surface area contributed by atoms with Crippen molar-refractivity contribution in [2.45, 2.75) is 31.7 Å². The molecule has 2 aliphatic heterocycles. The SMILES string of the molecule is Cl.O=C(N[C@@H]1CCCNC1)c1c[nH]c2c(-c3c(OCC4CC4)ccc4c3OCO4)ncnc12. The Morgan fingerprint density at radius 2 is 2.12 bits per heavy atom. The fourth-order valence-electron chi connectivity index (χ4n) is 4.33. The predicted octanol–water partition coefficient (Wildman–Crippen LogP) is 3.05. The second kappa shape index (κ2) is 9.07. The van der Waals surface area contributed by atoms with Crippen molar-refractivity contribution in [1.29, 1.82) is 0 Å². The summed E-state index contributed by atoms with van der Waals surface area (Å²) in [7, 11) is 0. The van der Waals surface area contributed by atoms with E-state index in [1.807, 2.05) is 12.1 Å². The van der Waals surface area contributed by atoms with Crippen LogP contribution in [0.3, 0.4) is 0 Å². The lowest BCUT2D eigenvalue weighted by atomic mass is 10.1. The minimum atomic E-state index is -0.141. The van der Waals surface area contributed by atoms with Crippen molar-refractivity contribution in [3.63, 3.8) is 0 Å². The highest BCUT2D eigenvalue weighted by Gasteiger charge is 2.29. The molecule has 2 fully saturated rings. The smallest absolute Gasteiger partial charge is 0.255 e. The van der Waals surface area contributed by atoms with Crippen LogP contribution >= 0.6 is 12.4 Å². The molecule has 33 heavy (non-hydrogen) atoms. The fraction of sp³-hybridized carbons (Fsp3) is 0.435. The normalized spacial score (nSPS) is 19.2. The zero-order valence-electron chi connectivity index (χ0n) is 18.1. The first kappa shape index (κ1) is 21.8. The number of hydrogen-bond donors (Lipinski definition) is 3. The summed E-state index contributed by atoms with van der Waals surface area (Å²) < 4.78 is 17.5. The average Bonchev–Trinajstić information content (AvgIpc) is 3.34. The maximum absolute atomic E-state index is 13.0. The predicted molar refractivity (Wildman–Crippen MR) is 124 cm³/mol. The molecule has 3 aromatic rings. The van der Waals surface area contributed by atoms with Gasteiger partial charge in [0.2, 0.25) is 6.79 Å². The number of H-pyrrole nitrogens is 1. The first-order chi connectivity index (χ1) is 15.8. The van der Waals surface area contributed by atoms with E-state index in [1.54, 1.807) is 6.20 Å². The van der Waals surface area contributed by atoms with Crippen molar-refractivity contribution in [2.75, 3.05) is 26.5 Å². The Kier molecular flexibility index (Phi) is 5.99.